The van der Waals surface area contributed by atoms with Gasteiger partial charge in [-0.05, 0) is 36.4 Å². The quantitative estimate of drug-likeness (QED) is 0.867. The van der Waals surface area contributed by atoms with Crippen molar-refractivity contribution in [3.05, 3.63) is 23.1 Å². The maximum absolute atomic E-state index is 11.6. The minimum Gasteiger partial charge on any atom is -0.452 e. The zero-order chi connectivity index (χ0) is 10.8. The number of alkyl halides is 1. The molecule has 0 aromatic carbocycles. The molecule has 5 heteroatoms. The highest BCUT2D eigenvalue weighted by molar-refractivity contribution is 9.09. The highest BCUT2D eigenvalue weighted by Gasteiger charge is 2.29. The largest absolute Gasteiger partial charge is 0.452 e. The molecule has 15 heavy (non-hydrogen) atoms. The molecular formula is C10H11BrClNO2. The van der Waals surface area contributed by atoms with Gasteiger partial charge in [-0.15, -0.1) is 0 Å². The Morgan fingerprint density at radius 2 is 2.47 bits per heavy atom. The monoisotopic (exact) mass is 291 g/mol. The summed E-state index contributed by atoms with van der Waals surface area (Å²) < 4.78 is 4.85. The number of furan rings is 1. The molecule has 1 N–H and O–H groups in total. The van der Waals surface area contributed by atoms with Gasteiger partial charge < -0.3 is 9.73 Å². The van der Waals surface area contributed by atoms with Gasteiger partial charge >= 0.3 is 0 Å². The molecule has 1 unspecified atom stereocenters. The normalized spacial score (nSPS) is 17.5. The molecule has 0 saturated heterocycles. The van der Waals surface area contributed by atoms with E-state index in [4.69, 9.17) is 16.0 Å². The topological polar surface area (TPSA) is 42.2 Å². The molecule has 1 aromatic rings. The first kappa shape index (κ1) is 11.0. The van der Waals surface area contributed by atoms with Crippen LogP contribution in [0.3, 0.4) is 0 Å². The van der Waals surface area contributed by atoms with Crippen molar-refractivity contribution in [3.8, 4) is 0 Å². The second kappa shape index (κ2) is 4.58. The van der Waals surface area contributed by atoms with E-state index < -0.39 is 0 Å². The average Bonchev–Trinajstić information content (AvgIpc) is 2.98. The SMILES string of the molecule is O=C(NCC(Br)C1CC1)c1ccoc1Cl. The summed E-state index contributed by atoms with van der Waals surface area (Å²) in [6, 6.07) is 1.57. The fourth-order valence-corrected chi connectivity index (χ4v) is 2.26. The zero-order valence-electron chi connectivity index (χ0n) is 8.00. The highest BCUT2D eigenvalue weighted by Crippen LogP contribution is 2.36. The van der Waals surface area contributed by atoms with E-state index in [9.17, 15) is 4.79 Å². The summed E-state index contributed by atoms with van der Waals surface area (Å²) in [6.45, 7) is 0.630. The van der Waals surface area contributed by atoms with Crippen molar-refractivity contribution in [1.29, 1.82) is 0 Å². The number of amides is 1. The maximum Gasteiger partial charge on any atom is 0.256 e. The lowest BCUT2D eigenvalue weighted by Gasteiger charge is -2.08. The van der Waals surface area contributed by atoms with Crippen LogP contribution in [0.15, 0.2) is 16.7 Å². The lowest BCUT2D eigenvalue weighted by molar-refractivity contribution is 0.0953. The van der Waals surface area contributed by atoms with E-state index in [-0.39, 0.29) is 11.1 Å². The van der Waals surface area contributed by atoms with E-state index >= 15 is 0 Å². The van der Waals surface area contributed by atoms with Crippen molar-refractivity contribution in [2.45, 2.75) is 17.7 Å². The predicted molar refractivity (Wildman–Crippen MR) is 61.5 cm³/mol. The van der Waals surface area contributed by atoms with Gasteiger partial charge in [-0.2, -0.15) is 0 Å². The Balaban J connectivity index is 1.84. The lowest BCUT2D eigenvalue weighted by Crippen LogP contribution is -2.30. The molecule has 1 amide bonds. The van der Waals surface area contributed by atoms with E-state index in [0.29, 0.717) is 22.9 Å². The van der Waals surface area contributed by atoms with Crippen LogP contribution in [-0.2, 0) is 0 Å². The number of rotatable bonds is 4. The molecule has 0 bridgehead atoms. The van der Waals surface area contributed by atoms with E-state index in [1.165, 1.54) is 19.1 Å². The smallest absolute Gasteiger partial charge is 0.256 e. The first-order chi connectivity index (χ1) is 7.18. The van der Waals surface area contributed by atoms with Gasteiger partial charge in [0.05, 0.1) is 11.8 Å². The molecule has 1 fully saturated rings. The van der Waals surface area contributed by atoms with Crippen LogP contribution >= 0.6 is 27.5 Å². The molecule has 1 heterocycles. The lowest BCUT2D eigenvalue weighted by atomic mass is 10.2. The first-order valence-electron chi connectivity index (χ1n) is 4.83. The summed E-state index contributed by atoms with van der Waals surface area (Å²) in [4.78, 5) is 12.0. The molecule has 2 rings (SSSR count). The molecule has 0 radical (unpaired) electrons. The van der Waals surface area contributed by atoms with Gasteiger partial charge in [-0.1, -0.05) is 15.9 Å². The third-order valence-electron chi connectivity index (χ3n) is 2.45. The summed E-state index contributed by atoms with van der Waals surface area (Å²) in [7, 11) is 0. The van der Waals surface area contributed by atoms with Crippen LogP contribution in [0, 0.1) is 5.92 Å². The van der Waals surface area contributed by atoms with Crippen LogP contribution in [0.2, 0.25) is 5.22 Å². The third kappa shape index (κ3) is 2.75. The minimum absolute atomic E-state index is 0.144. The molecule has 0 spiro atoms. The van der Waals surface area contributed by atoms with Crippen LogP contribution in [0.4, 0.5) is 0 Å². The molecule has 82 valence electrons. The Kier molecular flexibility index (Phi) is 3.36. The fraction of sp³-hybridized carbons (Fsp3) is 0.500. The Labute approximate surface area is 101 Å². The van der Waals surface area contributed by atoms with Crippen molar-refractivity contribution in [3.63, 3.8) is 0 Å². The van der Waals surface area contributed by atoms with Gasteiger partial charge in [0.15, 0.2) is 0 Å². The van der Waals surface area contributed by atoms with Gasteiger partial charge in [0.2, 0.25) is 5.22 Å². The maximum atomic E-state index is 11.6. The van der Waals surface area contributed by atoms with Crippen LogP contribution in [0.5, 0.6) is 0 Å². The third-order valence-corrected chi connectivity index (χ3v) is 3.82. The Morgan fingerprint density at radius 1 is 1.73 bits per heavy atom. The number of halogens is 2. The molecule has 1 aliphatic carbocycles. The fourth-order valence-electron chi connectivity index (χ4n) is 1.37. The first-order valence-corrected chi connectivity index (χ1v) is 6.13. The summed E-state index contributed by atoms with van der Waals surface area (Å²) in [5.41, 5.74) is 0.396. The van der Waals surface area contributed by atoms with E-state index in [1.807, 2.05) is 0 Å². The molecule has 3 nitrogen and oxygen atoms in total. The van der Waals surface area contributed by atoms with Crippen LogP contribution < -0.4 is 5.32 Å². The van der Waals surface area contributed by atoms with E-state index in [0.717, 1.165) is 0 Å². The molecule has 1 aliphatic rings. The number of hydrogen-bond donors (Lipinski definition) is 1. The molecule has 1 saturated carbocycles. The Bertz CT molecular complexity index is 362. The van der Waals surface area contributed by atoms with Crippen LogP contribution in [0.1, 0.15) is 23.2 Å². The van der Waals surface area contributed by atoms with Crippen molar-refractivity contribution in [2.75, 3.05) is 6.54 Å². The Hall–Kier alpha value is -0.480. The minimum atomic E-state index is -0.182. The number of carbonyl (C=O) groups excluding carboxylic acids is 1. The number of nitrogens with one attached hydrogen (secondary N) is 1. The van der Waals surface area contributed by atoms with Gasteiger partial charge in [-0.25, -0.2) is 0 Å². The predicted octanol–water partition coefficient (Wildman–Crippen LogP) is 2.84. The van der Waals surface area contributed by atoms with Crippen molar-refractivity contribution in [2.24, 2.45) is 5.92 Å². The summed E-state index contributed by atoms with van der Waals surface area (Å²) >= 11 is 9.23. The van der Waals surface area contributed by atoms with Gasteiger partial charge in [0, 0.05) is 11.4 Å². The van der Waals surface area contributed by atoms with Crippen molar-refractivity contribution < 1.29 is 9.21 Å². The Morgan fingerprint density at radius 3 is 3.00 bits per heavy atom. The summed E-state index contributed by atoms with van der Waals surface area (Å²) in [6.07, 6.45) is 3.90. The van der Waals surface area contributed by atoms with E-state index in [2.05, 4.69) is 21.2 Å². The zero-order valence-corrected chi connectivity index (χ0v) is 10.3. The van der Waals surface area contributed by atoms with Gasteiger partial charge in [0.25, 0.3) is 5.91 Å². The molecule has 1 aromatic heterocycles. The number of hydrogen-bond acceptors (Lipinski definition) is 2. The second-order valence-corrected chi connectivity index (χ2v) is 5.19. The second-order valence-electron chi connectivity index (χ2n) is 3.67. The van der Waals surface area contributed by atoms with Crippen LogP contribution in [0.25, 0.3) is 0 Å². The molecule has 1 atom stereocenters. The van der Waals surface area contributed by atoms with Crippen molar-refractivity contribution >= 4 is 33.4 Å². The number of carbonyl (C=O) groups is 1. The standard InChI is InChI=1S/C10H11BrClNO2/c11-8(6-1-2-6)5-13-10(14)7-3-4-15-9(7)12/h3-4,6,8H,1-2,5H2,(H,13,14). The van der Waals surface area contributed by atoms with E-state index in [1.54, 1.807) is 6.07 Å². The highest BCUT2D eigenvalue weighted by atomic mass is 79.9. The van der Waals surface area contributed by atoms with Gasteiger partial charge in [0.1, 0.15) is 0 Å². The van der Waals surface area contributed by atoms with Crippen LogP contribution in [-0.4, -0.2) is 17.3 Å². The molecular weight excluding hydrogens is 281 g/mol. The van der Waals surface area contributed by atoms with Crippen molar-refractivity contribution in [1.82, 2.24) is 5.32 Å². The summed E-state index contributed by atoms with van der Waals surface area (Å²) in [5, 5.41) is 2.96. The van der Waals surface area contributed by atoms with Gasteiger partial charge in [-0.3, -0.25) is 4.79 Å². The molecule has 0 aliphatic heterocycles. The average molecular weight is 293 g/mol. The summed E-state index contributed by atoms with van der Waals surface area (Å²) in [5.74, 6) is 0.531.